The average molecular weight is 502 g/mol. The molecule has 2 aromatic carbocycles. The minimum Gasteiger partial charge on any atom is -0.459 e. The minimum absolute atomic E-state index is 0.0864. The van der Waals surface area contributed by atoms with Gasteiger partial charge in [0.1, 0.15) is 6.04 Å². The summed E-state index contributed by atoms with van der Waals surface area (Å²) >= 11 is 9.41. The van der Waals surface area contributed by atoms with Crippen LogP contribution in [0.25, 0.3) is 0 Å². The number of halogens is 2. The number of amides is 3. The zero-order chi connectivity index (χ0) is 22.0. The maximum absolute atomic E-state index is 13.2. The first-order chi connectivity index (χ1) is 14.9. The van der Waals surface area contributed by atoms with Crippen LogP contribution in [0.3, 0.4) is 0 Å². The van der Waals surface area contributed by atoms with E-state index in [1.54, 1.807) is 42.5 Å². The molecule has 1 fully saturated rings. The molecule has 0 aliphatic carbocycles. The predicted molar refractivity (Wildman–Crippen MR) is 120 cm³/mol. The summed E-state index contributed by atoms with van der Waals surface area (Å²) in [5.41, 5.74) is 1.40. The molecule has 8 heteroatoms. The van der Waals surface area contributed by atoms with E-state index in [2.05, 4.69) is 15.9 Å². The molecule has 1 saturated heterocycles. The molecule has 4 rings (SSSR count). The highest BCUT2D eigenvalue weighted by Crippen LogP contribution is 2.28. The Kier molecular flexibility index (Phi) is 6.25. The fourth-order valence-corrected chi connectivity index (χ4v) is 4.08. The van der Waals surface area contributed by atoms with E-state index in [0.29, 0.717) is 17.1 Å². The topological polar surface area (TPSA) is 70.8 Å². The van der Waals surface area contributed by atoms with Crippen molar-refractivity contribution in [3.63, 3.8) is 0 Å². The number of carbonyl (C=O) groups excluding carboxylic acids is 3. The van der Waals surface area contributed by atoms with Crippen molar-refractivity contribution in [2.24, 2.45) is 0 Å². The number of anilines is 1. The summed E-state index contributed by atoms with van der Waals surface area (Å²) in [6.07, 6.45) is 1.79. The first kappa shape index (κ1) is 21.3. The van der Waals surface area contributed by atoms with Crippen LogP contribution in [0.15, 0.2) is 75.8 Å². The summed E-state index contributed by atoms with van der Waals surface area (Å²) in [5.74, 6) is -1.10. The van der Waals surface area contributed by atoms with Gasteiger partial charge in [0.2, 0.25) is 5.91 Å². The third-order valence-electron chi connectivity index (χ3n) is 5.11. The van der Waals surface area contributed by atoms with E-state index < -0.39 is 17.9 Å². The molecule has 1 aliphatic rings. The Morgan fingerprint density at radius 2 is 1.90 bits per heavy atom. The number of nitrogens with zero attached hydrogens (tertiary/aromatic N) is 2. The highest BCUT2D eigenvalue weighted by molar-refractivity contribution is 9.10. The van der Waals surface area contributed by atoms with Gasteiger partial charge in [-0.15, -0.1) is 0 Å². The van der Waals surface area contributed by atoms with Crippen LogP contribution in [-0.4, -0.2) is 35.2 Å². The van der Waals surface area contributed by atoms with Gasteiger partial charge in [0.15, 0.2) is 5.76 Å². The van der Waals surface area contributed by atoms with Crippen LogP contribution in [0.2, 0.25) is 5.02 Å². The molecule has 1 atom stereocenters. The number of imide groups is 1. The number of furan rings is 1. The molecule has 3 aromatic rings. The smallest absolute Gasteiger partial charge is 0.290 e. The lowest BCUT2D eigenvalue weighted by Crippen LogP contribution is -2.46. The third-order valence-corrected chi connectivity index (χ3v) is 5.87. The Morgan fingerprint density at radius 3 is 2.58 bits per heavy atom. The summed E-state index contributed by atoms with van der Waals surface area (Å²) in [6, 6.07) is 16.4. The first-order valence-corrected chi connectivity index (χ1v) is 10.8. The van der Waals surface area contributed by atoms with Crippen molar-refractivity contribution >= 4 is 50.9 Å². The van der Waals surface area contributed by atoms with Crippen LogP contribution in [-0.2, 0) is 16.0 Å². The highest BCUT2D eigenvalue weighted by atomic mass is 79.9. The predicted octanol–water partition coefficient (Wildman–Crippen LogP) is 4.71. The van der Waals surface area contributed by atoms with Gasteiger partial charge in [0.05, 0.1) is 18.4 Å². The van der Waals surface area contributed by atoms with E-state index in [1.165, 1.54) is 11.2 Å². The van der Waals surface area contributed by atoms with E-state index >= 15 is 0 Å². The fraction of sp³-hybridized carbons (Fsp3) is 0.174. The van der Waals surface area contributed by atoms with Gasteiger partial charge in [-0.25, -0.2) is 4.90 Å². The molecule has 1 unspecified atom stereocenters. The quantitative estimate of drug-likeness (QED) is 0.459. The fourth-order valence-electron chi connectivity index (χ4n) is 3.60. The van der Waals surface area contributed by atoms with Gasteiger partial charge in [-0.05, 0) is 60.5 Å². The van der Waals surface area contributed by atoms with E-state index in [9.17, 15) is 14.4 Å². The molecule has 0 bridgehead atoms. The van der Waals surface area contributed by atoms with Crippen LogP contribution in [0, 0.1) is 0 Å². The molecule has 1 aliphatic heterocycles. The number of hydrogen-bond donors (Lipinski definition) is 0. The van der Waals surface area contributed by atoms with E-state index in [0.717, 1.165) is 14.9 Å². The number of carbonyl (C=O) groups is 3. The third kappa shape index (κ3) is 4.57. The van der Waals surface area contributed by atoms with Gasteiger partial charge in [0.25, 0.3) is 11.8 Å². The van der Waals surface area contributed by atoms with Crippen molar-refractivity contribution < 1.29 is 18.8 Å². The highest BCUT2D eigenvalue weighted by Gasteiger charge is 2.44. The Morgan fingerprint density at radius 1 is 1.13 bits per heavy atom. The molecule has 3 amide bonds. The average Bonchev–Trinajstić information content (AvgIpc) is 3.38. The largest absolute Gasteiger partial charge is 0.459 e. The van der Waals surface area contributed by atoms with Crippen LogP contribution < -0.4 is 4.90 Å². The van der Waals surface area contributed by atoms with E-state index in [1.807, 2.05) is 18.2 Å². The van der Waals surface area contributed by atoms with E-state index in [-0.39, 0.29) is 24.6 Å². The second kappa shape index (κ2) is 9.08. The van der Waals surface area contributed by atoms with Crippen molar-refractivity contribution in [1.82, 2.24) is 4.90 Å². The maximum Gasteiger partial charge on any atom is 0.290 e. The monoisotopic (exact) mass is 500 g/mol. The Bertz CT molecular complexity index is 1110. The maximum atomic E-state index is 13.2. The summed E-state index contributed by atoms with van der Waals surface area (Å²) in [7, 11) is 0. The lowest BCUT2D eigenvalue weighted by atomic mass is 10.1. The van der Waals surface area contributed by atoms with Crippen molar-refractivity contribution in [2.75, 3.05) is 11.4 Å². The number of rotatable bonds is 6. The van der Waals surface area contributed by atoms with Gasteiger partial charge in [-0.2, -0.15) is 0 Å². The van der Waals surface area contributed by atoms with Crippen LogP contribution in [0.4, 0.5) is 5.69 Å². The van der Waals surface area contributed by atoms with Crippen LogP contribution in [0.5, 0.6) is 0 Å². The molecule has 158 valence electrons. The second-order valence-electron chi connectivity index (χ2n) is 7.12. The second-order valence-corrected chi connectivity index (χ2v) is 8.47. The molecular formula is C23H18BrClN2O4. The molecule has 31 heavy (non-hydrogen) atoms. The van der Waals surface area contributed by atoms with Gasteiger partial charge in [0, 0.05) is 16.0 Å². The van der Waals surface area contributed by atoms with Gasteiger partial charge < -0.3 is 9.32 Å². The van der Waals surface area contributed by atoms with Gasteiger partial charge in [-0.3, -0.25) is 14.4 Å². The normalized spacial score (nSPS) is 16.1. The minimum atomic E-state index is -0.909. The SMILES string of the molecule is O=C1CC(N(CCc2cccc(Cl)c2)C(=O)c2ccco2)C(=O)N1c1ccc(Br)cc1. The molecule has 0 N–H and O–H groups in total. The van der Waals surface area contributed by atoms with Gasteiger partial charge >= 0.3 is 0 Å². The Hall–Kier alpha value is -2.90. The summed E-state index contributed by atoms with van der Waals surface area (Å²) in [5, 5.41) is 0.593. The molecule has 0 radical (unpaired) electrons. The van der Waals surface area contributed by atoms with Crippen molar-refractivity contribution in [3.05, 3.63) is 87.7 Å². The zero-order valence-electron chi connectivity index (χ0n) is 16.3. The summed E-state index contributed by atoms with van der Waals surface area (Å²) < 4.78 is 6.10. The van der Waals surface area contributed by atoms with Crippen molar-refractivity contribution in [3.8, 4) is 0 Å². The molecule has 0 spiro atoms. The number of hydrogen-bond acceptors (Lipinski definition) is 4. The van der Waals surface area contributed by atoms with Gasteiger partial charge in [-0.1, -0.05) is 39.7 Å². The van der Waals surface area contributed by atoms with Crippen LogP contribution in [0.1, 0.15) is 22.5 Å². The van der Waals surface area contributed by atoms with Crippen LogP contribution >= 0.6 is 27.5 Å². The number of benzene rings is 2. The Balaban J connectivity index is 1.61. The Labute approximate surface area is 192 Å². The molecule has 2 heterocycles. The molecular weight excluding hydrogens is 484 g/mol. The molecule has 1 aromatic heterocycles. The first-order valence-electron chi connectivity index (χ1n) is 9.65. The molecule has 6 nitrogen and oxygen atoms in total. The van der Waals surface area contributed by atoms with Crippen molar-refractivity contribution in [2.45, 2.75) is 18.9 Å². The summed E-state index contributed by atoms with van der Waals surface area (Å²) in [6.45, 7) is 0.234. The zero-order valence-corrected chi connectivity index (χ0v) is 18.7. The lowest BCUT2D eigenvalue weighted by molar-refractivity contribution is -0.122. The lowest BCUT2D eigenvalue weighted by Gasteiger charge is -2.27. The molecule has 0 saturated carbocycles. The summed E-state index contributed by atoms with van der Waals surface area (Å²) in [4.78, 5) is 41.6. The van der Waals surface area contributed by atoms with E-state index in [4.69, 9.17) is 16.0 Å². The van der Waals surface area contributed by atoms with Crippen molar-refractivity contribution in [1.29, 1.82) is 0 Å². The standard InChI is InChI=1S/C23H18BrClN2O4/c24-16-6-8-18(9-7-16)27-21(28)14-19(22(27)29)26(23(30)20-5-2-12-31-20)11-10-15-3-1-4-17(25)13-15/h1-9,12-13,19H,10-11,14H2.